The molecule has 3 aromatic rings. The van der Waals surface area contributed by atoms with Gasteiger partial charge in [0.2, 0.25) is 0 Å². The van der Waals surface area contributed by atoms with Gasteiger partial charge in [-0.1, -0.05) is 12.1 Å². The van der Waals surface area contributed by atoms with E-state index in [1.54, 1.807) is 22.7 Å². The zero-order chi connectivity index (χ0) is 10.8. The average Bonchev–Trinajstić information content (AvgIpc) is 3.01. The topological polar surface area (TPSA) is 12.9 Å². The van der Waals surface area contributed by atoms with Gasteiger partial charge in [-0.3, -0.25) is 4.98 Å². The van der Waals surface area contributed by atoms with Crippen LogP contribution in [0.1, 0.15) is 0 Å². The Bertz CT molecular complexity index is 567. The summed E-state index contributed by atoms with van der Waals surface area (Å²) in [6.07, 6.45) is 1.84. The molecule has 3 rings (SSSR count). The summed E-state index contributed by atoms with van der Waals surface area (Å²) in [4.78, 5) is 5.71. The molecule has 3 heteroatoms. The van der Waals surface area contributed by atoms with E-state index >= 15 is 0 Å². The van der Waals surface area contributed by atoms with Gasteiger partial charge < -0.3 is 0 Å². The SMILES string of the molecule is c1ccc(-c2cscc2-c2cccs2)nc1. The Hall–Kier alpha value is -1.45. The molecular formula is C13H9NS2. The maximum absolute atomic E-state index is 4.40. The number of hydrogen-bond donors (Lipinski definition) is 0. The van der Waals surface area contributed by atoms with E-state index in [0.29, 0.717) is 0 Å². The zero-order valence-corrected chi connectivity index (χ0v) is 10.1. The van der Waals surface area contributed by atoms with E-state index in [-0.39, 0.29) is 0 Å². The van der Waals surface area contributed by atoms with Gasteiger partial charge >= 0.3 is 0 Å². The molecule has 0 atom stereocenters. The van der Waals surface area contributed by atoms with Crippen molar-refractivity contribution in [3.8, 4) is 21.7 Å². The number of aromatic nitrogens is 1. The van der Waals surface area contributed by atoms with E-state index < -0.39 is 0 Å². The molecule has 0 N–H and O–H groups in total. The zero-order valence-electron chi connectivity index (χ0n) is 8.46. The number of thiophene rings is 2. The van der Waals surface area contributed by atoms with E-state index in [4.69, 9.17) is 0 Å². The number of pyridine rings is 1. The Labute approximate surface area is 102 Å². The third kappa shape index (κ3) is 1.68. The summed E-state index contributed by atoms with van der Waals surface area (Å²) in [5, 5.41) is 6.46. The van der Waals surface area contributed by atoms with Crippen LogP contribution in [-0.4, -0.2) is 4.98 Å². The van der Waals surface area contributed by atoms with Crippen molar-refractivity contribution in [2.24, 2.45) is 0 Å². The van der Waals surface area contributed by atoms with E-state index in [1.165, 1.54) is 16.0 Å². The minimum atomic E-state index is 1.05. The first-order valence-corrected chi connectivity index (χ1v) is 6.79. The Morgan fingerprint density at radius 3 is 2.62 bits per heavy atom. The summed E-state index contributed by atoms with van der Waals surface area (Å²) in [7, 11) is 0. The fraction of sp³-hybridized carbons (Fsp3) is 0. The molecule has 3 heterocycles. The molecule has 0 fully saturated rings. The lowest BCUT2D eigenvalue weighted by Gasteiger charge is -2.00. The van der Waals surface area contributed by atoms with Crippen LogP contribution in [0.2, 0.25) is 0 Å². The van der Waals surface area contributed by atoms with E-state index in [1.807, 2.05) is 18.3 Å². The fourth-order valence-electron chi connectivity index (χ4n) is 1.64. The van der Waals surface area contributed by atoms with Crippen LogP contribution in [0, 0.1) is 0 Å². The fourth-order valence-corrected chi connectivity index (χ4v) is 3.31. The van der Waals surface area contributed by atoms with Crippen LogP contribution in [0.15, 0.2) is 52.7 Å². The molecular weight excluding hydrogens is 234 g/mol. The summed E-state index contributed by atoms with van der Waals surface area (Å²) < 4.78 is 0. The van der Waals surface area contributed by atoms with Crippen LogP contribution in [0.25, 0.3) is 21.7 Å². The molecule has 0 aliphatic rings. The maximum Gasteiger partial charge on any atom is 0.0716 e. The van der Waals surface area contributed by atoms with E-state index in [0.717, 1.165) is 5.69 Å². The Morgan fingerprint density at radius 2 is 1.88 bits per heavy atom. The summed E-state index contributed by atoms with van der Waals surface area (Å²) in [6, 6.07) is 10.3. The van der Waals surface area contributed by atoms with Crippen molar-refractivity contribution in [1.82, 2.24) is 4.98 Å². The van der Waals surface area contributed by atoms with Crippen LogP contribution in [0.4, 0.5) is 0 Å². The van der Waals surface area contributed by atoms with Gasteiger partial charge in [-0.25, -0.2) is 0 Å². The normalized spacial score (nSPS) is 10.5. The standard InChI is InChI=1S/C13H9NS2/c1-2-6-14-12(4-1)10-8-15-9-11(10)13-5-3-7-16-13/h1-9H. The predicted octanol–water partition coefficient (Wildman–Crippen LogP) is 4.54. The molecule has 1 nitrogen and oxygen atoms in total. The van der Waals surface area contributed by atoms with Gasteiger partial charge in [0.05, 0.1) is 5.69 Å². The predicted molar refractivity (Wildman–Crippen MR) is 70.9 cm³/mol. The molecule has 0 aliphatic heterocycles. The lowest BCUT2D eigenvalue weighted by Crippen LogP contribution is -1.80. The van der Waals surface area contributed by atoms with Crippen LogP contribution in [-0.2, 0) is 0 Å². The first-order valence-electron chi connectivity index (χ1n) is 4.96. The van der Waals surface area contributed by atoms with E-state index in [2.05, 4.69) is 39.3 Å². The van der Waals surface area contributed by atoms with Crippen LogP contribution in [0.3, 0.4) is 0 Å². The summed E-state index contributed by atoms with van der Waals surface area (Å²) in [5.41, 5.74) is 3.57. The molecule has 0 bridgehead atoms. The summed E-state index contributed by atoms with van der Waals surface area (Å²) >= 11 is 3.49. The molecule has 3 aromatic heterocycles. The monoisotopic (exact) mass is 243 g/mol. The Kier molecular flexibility index (Phi) is 2.56. The maximum atomic E-state index is 4.40. The van der Waals surface area contributed by atoms with E-state index in [9.17, 15) is 0 Å². The molecule has 78 valence electrons. The Morgan fingerprint density at radius 1 is 0.938 bits per heavy atom. The summed E-state index contributed by atoms with van der Waals surface area (Å²) in [5.74, 6) is 0. The van der Waals surface area contributed by atoms with Gasteiger partial charge in [0.25, 0.3) is 0 Å². The van der Waals surface area contributed by atoms with Crippen molar-refractivity contribution in [3.05, 3.63) is 52.7 Å². The largest absolute Gasteiger partial charge is 0.256 e. The smallest absolute Gasteiger partial charge is 0.0716 e. The van der Waals surface area contributed by atoms with Gasteiger partial charge in [-0.15, -0.1) is 11.3 Å². The first-order chi connectivity index (χ1) is 7.95. The molecule has 0 aromatic carbocycles. The minimum Gasteiger partial charge on any atom is -0.256 e. The third-order valence-electron chi connectivity index (χ3n) is 2.39. The van der Waals surface area contributed by atoms with Crippen molar-refractivity contribution in [2.45, 2.75) is 0 Å². The van der Waals surface area contributed by atoms with Gasteiger partial charge in [-0.2, -0.15) is 11.3 Å². The van der Waals surface area contributed by atoms with Crippen molar-refractivity contribution >= 4 is 22.7 Å². The van der Waals surface area contributed by atoms with Crippen LogP contribution in [0.5, 0.6) is 0 Å². The highest BCUT2D eigenvalue weighted by atomic mass is 32.1. The summed E-state index contributed by atoms with van der Waals surface area (Å²) in [6.45, 7) is 0. The second-order valence-electron chi connectivity index (χ2n) is 3.39. The molecule has 0 saturated heterocycles. The molecule has 0 spiro atoms. The highest BCUT2D eigenvalue weighted by Crippen LogP contribution is 2.36. The second kappa shape index (κ2) is 4.20. The molecule has 0 saturated carbocycles. The molecule has 16 heavy (non-hydrogen) atoms. The number of nitrogens with zero attached hydrogens (tertiary/aromatic N) is 1. The van der Waals surface area contributed by atoms with Gasteiger partial charge in [0.15, 0.2) is 0 Å². The van der Waals surface area contributed by atoms with Gasteiger partial charge in [0, 0.05) is 33.0 Å². The highest BCUT2D eigenvalue weighted by Gasteiger charge is 2.09. The van der Waals surface area contributed by atoms with Crippen LogP contribution >= 0.6 is 22.7 Å². The minimum absolute atomic E-state index is 1.05. The third-order valence-corrected chi connectivity index (χ3v) is 4.04. The number of rotatable bonds is 2. The molecule has 0 aliphatic carbocycles. The average molecular weight is 243 g/mol. The van der Waals surface area contributed by atoms with Gasteiger partial charge in [-0.05, 0) is 23.6 Å². The van der Waals surface area contributed by atoms with Crippen molar-refractivity contribution in [1.29, 1.82) is 0 Å². The van der Waals surface area contributed by atoms with Gasteiger partial charge in [0.1, 0.15) is 0 Å². The first kappa shape index (κ1) is 9.75. The lowest BCUT2D eigenvalue weighted by atomic mass is 10.1. The Balaban J connectivity index is 2.14. The quantitative estimate of drug-likeness (QED) is 0.644. The van der Waals surface area contributed by atoms with Crippen molar-refractivity contribution in [2.75, 3.05) is 0 Å². The molecule has 0 amide bonds. The second-order valence-corrected chi connectivity index (χ2v) is 5.08. The number of hydrogen-bond acceptors (Lipinski definition) is 3. The van der Waals surface area contributed by atoms with Crippen molar-refractivity contribution < 1.29 is 0 Å². The molecule has 0 unspecified atom stereocenters. The van der Waals surface area contributed by atoms with Crippen molar-refractivity contribution in [3.63, 3.8) is 0 Å². The highest BCUT2D eigenvalue weighted by molar-refractivity contribution is 7.14. The van der Waals surface area contributed by atoms with Crippen LogP contribution < -0.4 is 0 Å². The molecule has 0 radical (unpaired) electrons. The lowest BCUT2D eigenvalue weighted by molar-refractivity contribution is 1.33.